The molecule has 0 aliphatic rings. The number of hydrazine groups is 1. The molecule has 0 saturated carbocycles. The van der Waals surface area contributed by atoms with E-state index in [9.17, 15) is 4.79 Å². The number of nitrogen functional groups attached to an aromatic ring is 1. The Hall–Kier alpha value is -1.82. The Morgan fingerprint density at radius 1 is 1.35 bits per heavy atom. The molecule has 2 aromatic rings. The first-order chi connectivity index (χ1) is 9.60. The molecule has 1 heterocycles. The van der Waals surface area contributed by atoms with Gasteiger partial charge in [-0.25, -0.2) is 5.84 Å². The van der Waals surface area contributed by atoms with E-state index in [0.29, 0.717) is 24.0 Å². The number of aryl methyl sites for hydroxylation is 1. The first kappa shape index (κ1) is 14.6. The molecule has 0 unspecified atom stereocenters. The Balaban J connectivity index is 1.92. The van der Waals surface area contributed by atoms with E-state index in [1.54, 1.807) is 13.0 Å². The zero-order valence-electron chi connectivity index (χ0n) is 11.0. The second-order valence-corrected chi connectivity index (χ2v) is 4.72. The van der Waals surface area contributed by atoms with Gasteiger partial charge >= 0.3 is 5.91 Å². The zero-order chi connectivity index (χ0) is 14.5. The van der Waals surface area contributed by atoms with Crippen molar-refractivity contribution < 1.29 is 13.9 Å². The van der Waals surface area contributed by atoms with E-state index in [-0.39, 0.29) is 5.76 Å². The van der Waals surface area contributed by atoms with Gasteiger partial charge in [-0.05, 0) is 30.7 Å². The van der Waals surface area contributed by atoms with Crippen LogP contribution in [-0.2, 0) is 18.0 Å². The van der Waals surface area contributed by atoms with E-state index in [1.165, 1.54) is 0 Å². The summed E-state index contributed by atoms with van der Waals surface area (Å²) in [5.74, 6) is 5.40. The number of nitrogens with two attached hydrogens (primary N) is 1. The lowest BCUT2D eigenvalue weighted by atomic mass is 10.2. The minimum absolute atomic E-state index is 0.176. The van der Waals surface area contributed by atoms with Crippen molar-refractivity contribution in [3.05, 3.63) is 58.0 Å². The van der Waals surface area contributed by atoms with Crippen molar-refractivity contribution in [2.45, 2.75) is 20.1 Å². The number of amides is 1. The highest BCUT2D eigenvalue weighted by molar-refractivity contribution is 6.30. The molecule has 1 aromatic heterocycles. The van der Waals surface area contributed by atoms with Crippen molar-refractivity contribution in [2.75, 3.05) is 0 Å². The summed E-state index contributed by atoms with van der Waals surface area (Å²) in [7, 11) is 0. The molecule has 0 atom stereocenters. The summed E-state index contributed by atoms with van der Waals surface area (Å²) in [4.78, 5) is 11.3. The smallest absolute Gasteiger partial charge is 0.300 e. The summed E-state index contributed by atoms with van der Waals surface area (Å²) in [5, 5.41) is 0.692. The average molecular weight is 295 g/mol. The summed E-state index contributed by atoms with van der Waals surface area (Å²) < 4.78 is 10.9. The number of benzene rings is 1. The molecule has 3 N–H and O–H groups in total. The van der Waals surface area contributed by atoms with Crippen LogP contribution in [0.5, 0.6) is 0 Å². The first-order valence-corrected chi connectivity index (χ1v) is 6.40. The lowest BCUT2D eigenvalue weighted by molar-refractivity contribution is 0.0924. The number of hydrogen-bond donors (Lipinski definition) is 2. The van der Waals surface area contributed by atoms with Crippen LogP contribution in [0, 0.1) is 6.92 Å². The maximum Gasteiger partial charge on any atom is 0.300 e. The molecule has 5 nitrogen and oxygen atoms in total. The van der Waals surface area contributed by atoms with Gasteiger partial charge < -0.3 is 9.15 Å². The maximum absolute atomic E-state index is 11.3. The van der Waals surface area contributed by atoms with Crippen molar-refractivity contribution in [2.24, 2.45) is 5.84 Å². The highest BCUT2D eigenvalue weighted by Crippen LogP contribution is 2.17. The molecule has 0 radical (unpaired) electrons. The van der Waals surface area contributed by atoms with Crippen molar-refractivity contribution >= 4 is 17.5 Å². The largest absolute Gasteiger partial charge is 0.456 e. The molecular formula is C14H15ClN2O3. The monoisotopic (exact) mass is 294 g/mol. The minimum atomic E-state index is -0.461. The summed E-state index contributed by atoms with van der Waals surface area (Å²) >= 11 is 5.81. The fraction of sp³-hybridized carbons (Fsp3) is 0.214. The quantitative estimate of drug-likeness (QED) is 0.505. The number of halogens is 1. The van der Waals surface area contributed by atoms with Gasteiger partial charge in [0.05, 0.1) is 13.2 Å². The number of ether oxygens (including phenoxy) is 1. The van der Waals surface area contributed by atoms with E-state index in [0.717, 1.165) is 11.1 Å². The van der Waals surface area contributed by atoms with Crippen molar-refractivity contribution in [1.29, 1.82) is 0 Å². The highest BCUT2D eigenvalue weighted by Gasteiger charge is 2.13. The lowest BCUT2D eigenvalue weighted by Crippen LogP contribution is -2.29. The molecule has 0 aliphatic heterocycles. The van der Waals surface area contributed by atoms with Crippen LogP contribution >= 0.6 is 11.6 Å². The molecule has 106 valence electrons. The number of hydrogen-bond acceptors (Lipinski definition) is 4. The Kier molecular flexibility index (Phi) is 4.79. The van der Waals surface area contributed by atoms with Gasteiger partial charge in [0.25, 0.3) is 0 Å². The van der Waals surface area contributed by atoms with E-state index < -0.39 is 5.91 Å². The Labute approximate surface area is 121 Å². The second-order valence-electron chi connectivity index (χ2n) is 4.28. The molecule has 20 heavy (non-hydrogen) atoms. The average Bonchev–Trinajstić information content (AvgIpc) is 2.82. The van der Waals surface area contributed by atoms with Gasteiger partial charge in [0.1, 0.15) is 5.76 Å². The van der Waals surface area contributed by atoms with E-state index in [2.05, 4.69) is 0 Å². The van der Waals surface area contributed by atoms with Crippen molar-refractivity contribution in [1.82, 2.24) is 5.43 Å². The molecule has 0 fully saturated rings. The van der Waals surface area contributed by atoms with Gasteiger partial charge in [-0.15, -0.1) is 0 Å². The molecule has 1 amide bonds. The van der Waals surface area contributed by atoms with Gasteiger partial charge in [0, 0.05) is 10.6 Å². The summed E-state index contributed by atoms with van der Waals surface area (Å²) in [6, 6.07) is 9.05. The Bertz CT molecular complexity index is 593. The lowest BCUT2D eigenvalue weighted by Gasteiger charge is -2.03. The Morgan fingerprint density at radius 2 is 2.05 bits per heavy atom. The number of rotatable bonds is 5. The molecule has 6 heteroatoms. The predicted octanol–water partition coefficient (Wildman–Crippen LogP) is 2.56. The highest BCUT2D eigenvalue weighted by atomic mass is 35.5. The number of carbonyl (C=O) groups excluding carboxylic acids is 1. The third kappa shape index (κ3) is 3.60. The minimum Gasteiger partial charge on any atom is -0.456 e. The van der Waals surface area contributed by atoms with Crippen LogP contribution in [-0.4, -0.2) is 5.91 Å². The third-order valence-electron chi connectivity index (χ3n) is 2.82. The SMILES string of the molecule is Cc1oc(C(=O)NN)cc1COCc1ccc(Cl)cc1. The summed E-state index contributed by atoms with van der Waals surface area (Å²) in [6.45, 7) is 2.59. The third-order valence-corrected chi connectivity index (χ3v) is 3.07. The van der Waals surface area contributed by atoms with E-state index >= 15 is 0 Å². The van der Waals surface area contributed by atoms with Crippen LogP contribution in [0.25, 0.3) is 0 Å². The normalized spacial score (nSPS) is 10.6. The molecular weight excluding hydrogens is 280 g/mol. The molecule has 0 saturated heterocycles. The fourth-order valence-corrected chi connectivity index (χ4v) is 1.83. The number of carbonyl (C=O) groups is 1. The maximum atomic E-state index is 11.3. The molecule has 1 aromatic carbocycles. The van der Waals surface area contributed by atoms with Crippen molar-refractivity contribution in [3.63, 3.8) is 0 Å². The number of furan rings is 1. The molecule has 0 aliphatic carbocycles. The van der Waals surface area contributed by atoms with Gasteiger partial charge in [-0.3, -0.25) is 10.2 Å². The van der Waals surface area contributed by atoms with E-state index in [4.69, 9.17) is 26.6 Å². The topological polar surface area (TPSA) is 77.5 Å². The van der Waals surface area contributed by atoms with Gasteiger partial charge in [-0.2, -0.15) is 0 Å². The summed E-state index contributed by atoms with van der Waals surface area (Å²) in [6.07, 6.45) is 0. The predicted molar refractivity (Wildman–Crippen MR) is 75.0 cm³/mol. The summed E-state index contributed by atoms with van der Waals surface area (Å²) in [5.41, 5.74) is 3.86. The van der Waals surface area contributed by atoms with Gasteiger partial charge in [0.15, 0.2) is 5.76 Å². The molecule has 0 bridgehead atoms. The van der Waals surface area contributed by atoms with Crippen LogP contribution in [0.1, 0.15) is 27.4 Å². The van der Waals surface area contributed by atoms with E-state index in [1.807, 2.05) is 29.7 Å². The molecule has 0 spiro atoms. The molecule has 2 rings (SSSR count). The van der Waals surface area contributed by atoms with Gasteiger partial charge in [0.2, 0.25) is 0 Å². The van der Waals surface area contributed by atoms with Crippen LogP contribution in [0.4, 0.5) is 0 Å². The van der Waals surface area contributed by atoms with Crippen LogP contribution in [0.3, 0.4) is 0 Å². The van der Waals surface area contributed by atoms with Crippen LogP contribution in [0.15, 0.2) is 34.7 Å². The van der Waals surface area contributed by atoms with Crippen LogP contribution < -0.4 is 11.3 Å². The zero-order valence-corrected chi connectivity index (χ0v) is 11.7. The van der Waals surface area contributed by atoms with Gasteiger partial charge in [-0.1, -0.05) is 23.7 Å². The first-order valence-electron chi connectivity index (χ1n) is 6.02. The Morgan fingerprint density at radius 3 is 2.70 bits per heavy atom. The van der Waals surface area contributed by atoms with Crippen LogP contribution in [0.2, 0.25) is 5.02 Å². The number of nitrogens with one attached hydrogen (secondary N) is 1. The fourth-order valence-electron chi connectivity index (χ4n) is 1.71. The van der Waals surface area contributed by atoms with Crippen molar-refractivity contribution in [3.8, 4) is 0 Å². The second kappa shape index (κ2) is 6.56. The standard InChI is InChI=1S/C14H15ClN2O3/c1-9-11(6-13(20-9)14(18)17-16)8-19-7-10-2-4-12(15)5-3-10/h2-6H,7-8,16H2,1H3,(H,17,18).